The summed E-state index contributed by atoms with van der Waals surface area (Å²) in [4.78, 5) is 35.4. The molecule has 1 aliphatic rings. The summed E-state index contributed by atoms with van der Waals surface area (Å²) >= 11 is 2.84. The Bertz CT molecular complexity index is 773. The van der Waals surface area contributed by atoms with Crippen LogP contribution in [0.1, 0.15) is 23.2 Å². The van der Waals surface area contributed by atoms with Gasteiger partial charge in [-0.1, -0.05) is 11.3 Å². The van der Waals surface area contributed by atoms with Gasteiger partial charge in [-0.15, -0.1) is 11.3 Å². The van der Waals surface area contributed by atoms with Crippen molar-refractivity contribution in [1.82, 2.24) is 14.9 Å². The monoisotopic (exact) mass is 381 g/mol. The van der Waals surface area contributed by atoms with E-state index in [1.165, 1.54) is 22.7 Å². The number of thiazole rings is 2. The van der Waals surface area contributed by atoms with Gasteiger partial charge in [0.1, 0.15) is 0 Å². The van der Waals surface area contributed by atoms with Crippen LogP contribution < -0.4 is 10.6 Å². The average Bonchev–Trinajstić information content (AvgIpc) is 3.12. The van der Waals surface area contributed by atoms with Gasteiger partial charge in [0.15, 0.2) is 10.3 Å². The molecule has 25 heavy (non-hydrogen) atoms. The molecule has 2 N–H and O–H groups in total. The lowest BCUT2D eigenvalue weighted by Gasteiger charge is -2.24. The number of fused-ring (bicyclic) bond motifs is 1. The van der Waals surface area contributed by atoms with Gasteiger partial charge >= 0.3 is 6.09 Å². The largest absolute Gasteiger partial charge is 0.450 e. The molecule has 0 aromatic carbocycles. The van der Waals surface area contributed by atoms with Crippen LogP contribution in [0.4, 0.5) is 15.1 Å². The van der Waals surface area contributed by atoms with Gasteiger partial charge in [0.25, 0.3) is 0 Å². The summed E-state index contributed by atoms with van der Waals surface area (Å²) < 4.78 is 4.86. The number of aromatic nitrogens is 2. The molecule has 1 aliphatic heterocycles. The van der Waals surface area contributed by atoms with Crippen LogP contribution in [0.25, 0.3) is 0 Å². The van der Waals surface area contributed by atoms with E-state index < -0.39 is 6.09 Å². The molecule has 0 radical (unpaired) electrons. The minimum atomic E-state index is -0.497. The zero-order valence-corrected chi connectivity index (χ0v) is 15.6. The van der Waals surface area contributed by atoms with E-state index in [2.05, 4.69) is 25.5 Å². The first-order chi connectivity index (χ1) is 12.0. The minimum Gasteiger partial charge on any atom is -0.450 e. The van der Waals surface area contributed by atoms with Crippen molar-refractivity contribution in [2.24, 2.45) is 0 Å². The lowest BCUT2D eigenvalue weighted by Crippen LogP contribution is -2.36. The molecule has 3 rings (SSSR count). The number of anilines is 2. The number of hydrogen-bond acceptors (Lipinski definition) is 8. The fraction of sp³-hybridized carbons (Fsp3) is 0.467. The second kappa shape index (κ2) is 7.89. The Kier molecular flexibility index (Phi) is 5.61. The van der Waals surface area contributed by atoms with E-state index in [-0.39, 0.29) is 5.91 Å². The van der Waals surface area contributed by atoms with Gasteiger partial charge in [-0.25, -0.2) is 14.8 Å². The smallest absolute Gasteiger partial charge is 0.413 e. The van der Waals surface area contributed by atoms with Crippen molar-refractivity contribution in [1.29, 1.82) is 0 Å². The molecule has 0 fully saturated rings. The van der Waals surface area contributed by atoms with E-state index >= 15 is 0 Å². The van der Waals surface area contributed by atoms with Crippen LogP contribution in [0.2, 0.25) is 0 Å². The first-order valence-corrected chi connectivity index (χ1v) is 9.59. The summed E-state index contributed by atoms with van der Waals surface area (Å²) in [6.45, 7) is 5.66. The van der Waals surface area contributed by atoms with E-state index in [4.69, 9.17) is 4.74 Å². The molecule has 2 aromatic rings. The van der Waals surface area contributed by atoms with Crippen LogP contribution in [0.15, 0.2) is 5.38 Å². The predicted molar refractivity (Wildman–Crippen MR) is 97.2 cm³/mol. The number of carbonyl (C=O) groups is 2. The second-order valence-corrected chi connectivity index (χ2v) is 7.48. The fourth-order valence-electron chi connectivity index (χ4n) is 2.46. The van der Waals surface area contributed by atoms with Crippen LogP contribution in [0.3, 0.4) is 0 Å². The van der Waals surface area contributed by atoms with Crippen molar-refractivity contribution in [2.75, 3.05) is 30.3 Å². The maximum Gasteiger partial charge on any atom is 0.413 e. The predicted octanol–water partition coefficient (Wildman–Crippen LogP) is 2.47. The highest BCUT2D eigenvalue weighted by molar-refractivity contribution is 7.15. The molecule has 134 valence electrons. The van der Waals surface area contributed by atoms with Gasteiger partial charge < -0.3 is 10.1 Å². The minimum absolute atomic E-state index is 0.0767. The summed E-state index contributed by atoms with van der Waals surface area (Å²) in [5.41, 5.74) is 1.87. The Morgan fingerprint density at radius 1 is 1.32 bits per heavy atom. The molecule has 0 aliphatic carbocycles. The maximum absolute atomic E-state index is 12.2. The topological polar surface area (TPSA) is 96.5 Å². The van der Waals surface area contributed by atoms with Crippen LogP contribution >= 0.6 is 22.7 Å². The van der Waals surface area contributed by atoms with E-state index in [1.54, 1.807) is 6.92 Å². The SMILES string of the molecule is CCOC(=O)Nc1nc2c(s1)CN(CC(=O)Nc1nc(C)cs1)CC2. The molecule has 0 bridgehead atoms. The Labute approximate surface area is 153 Å². The highest BCUT2D eigenvalue weighted by Crippen LogP contribution is 2.28. The third kappa shape index (κ3) is 4.74. The molecule has 0 unspecified atom stereocenters. The molecule has 10 heteroatoms. The first-order valence-electron chi connectivity index (χ1n) is 7.90. The van der Waals surface area contributed by atoms with Gasteiger partial charge in [0.2, 0.25) is 5.91 Å². The summed E-state index contributed by atoms with van der Waals surface area (Å²) in [6.07, 6.45) is 0.253. The van der Waals surface area contributed by atoms with Crippen molar-refractivity contribution in [3.63, 3.8) is 0 Å². The number of amides is 2. The van der Waals surface area contributed by atoms with Crippen molar-refractivity contribution in [3.05, 3.63) is 21.6 Å². The number of nitrogens with one attached hydrogen (secondary N) is 2. The van der Waals surface area contributed by atoms with Gasteiger partial charge in [0.05, 0.1) is 24.5 Å². The summed E-state index contributed by atoms with van der Waals surface area (Å²) in [5.74, 6) is -0.0767. The number of rotatable bonds is 5. The van der Waals surface area contributed by atoms with E-state index in [1.807, 2.05) is 12.3 Å². The Morgan fingerprint density at radius 3 is 2.88 bits per heavy atom. The summed E-state index contributed by atoms with van der Waals surface area (Å²) in [7, 11) is 0. The zero-order chi connectivity index (χ0) is 17.8. The van der Waals surface area contributed by atoms with Crippen molar-refractivity contribution < 1.29 is 14.3 Å². The van der Waals surface area contributed by atoms with Gasteiger partial charge in [-0.3, -0.25) is 15.0 Å². The maximum atomic E-state index is 12.2. The van der Waals surface area contributed by atoms with Crippen LogP contribution in [0.5, 0.6) is 0 Å². The van der Waals surface area contributed by atoms with Crippen molar-refractivity contribution >= 4 is 44.9 Å². The van der Waals surface area contributed by atoms with Crippen molar-refractivity contribution in [3.8, 4) is 0 Å². The Hall–Kier alpha value is -2.04. The Balaban J connectivity index is 1.54. The Morgan fingerprint density at radius 2 is 2.16 bits per heavy atom. The van der Waals surface area contributed by atoms with Gasteiger partial charge in [-0.2, -0.15) is 0 Å². The standard InChI is InChI=1S/C15H19N5O3S2/c1-3-23-15(22)19-14-17-10-4-5-20(6-11(10)25-14)7-12(21)18-13-16-9(2)8-24-13/h8H,3-7H2,1-2H3,(H,16,18,21)(H,17,19,22). The number of hydrogen-bond donors (Lipinski definition) is 2. The third-order valence-corrected chi connectivity index (χ3v) is 5.40. The van der Waals surface area contributed by atoms with E-state index in [0.717, 1.165) is 29.2 Å². The van der Waals surface area contributed by atoms with Crippen molar-refractivity contribution in [2.45, 2.75) is 26.8 Å². The second-order valence-electron chi connectivity index (χ2n) is 5.54. The molecule has 0 saturated heterocycles. The molecule has 0 spiro atoms. The van der Waals surface area contributed by atoms with Gasteiger partial charge in [-0.05, 0) is 13.8 Å². The number of aryl methyl sites for hydroxylation is 1. The first kappa shape index (κ1) is 17.8. The molecular weight excluding hydrogens is 362 g/mol. The number of ether oxygens (including phenoxy) is 1. The molecular formula is C15H19N5O3S2. The molecule has 3 heterocycles. The summed E-state index contributed by atoms with van der Waals surface area (Å²) in [6, 6.07) is 0. The van der Waals surface area contributed by atoms with Crippen LogP contribution in [0, 0.1) is 6.92 Å². The lowest BCUT2D eigenvalue weighted by molar-refractivity contribution is -0.117. The van der Waals surface area contributed by atoms with Crippen LogP contribution in [-0.2, 0) is 22.5 Å². The normalized spacial score (nSPS) is 14.0. The highest BCUT2D eigenvalue weighted by Gasteiger charge is 2.23. The zero-order valence-electron chi connectivity index (χ0n) is 14.0. The molecule has 8 nitrogen and oxygen atoms in total. The van der Waals surface area contributed by atoms with E-state index in [0.29, 0.717) is 30.0 Å². The van der Waals surface area contributed by atoms with E-state index in [9.17, 15) is 9.59 Å². The fourth-order valence-corrected chi connectivity index (χ4v) is 4.21. The molecule has 2 aromatic heterocycles. The molecule has 2 amide bonds. The van der Waals surface area contributed by atoms with Gasteiger partial charge in [0, 0.05) is 29.8 Å². The number of nitrogens with zero attached hydrogens (tertiary/aromatic N) is 3. The lowest BCUT2D eigenvalue weighted by atomic mass is 10.2. The van der Waals surface area contributed by atoms with Crippen LogP contribution in [-0.4, -0.2) is 46.6 Å². The highest BCUT2D eigenvalue weighted by atomic mass is 32.1. The molecule has 0 atom stereocenters. The third-order valence-electron chi connectivity index (χ3n) is 3.53. The quantitative estimate of drug-likeness (QED) is 0.826. The average molecular weight is 381 g/mol. The molecule has 0 saturated carbocycles. The number of carbonyl (C=O) groups excluding carboxylic acids is 2. The summed E-state index contributed by atoms with van der Waals surface area (Å²) in [5, 5.41) is 8.51.